The highest BCUT2D eigenvalue weighted by Gasteiger charge is 2.19. The Morgan fingerprint density at radius 2 is 1.81 bits per heavy atom. The van der Waals surface area contributed by atoms with Gasteiger partial charge in [0.25, 0.3) is 5.69 Å². The van der Waals surface area contributed by atoms with Crippen LogP contribution in [0.5, 0.6) is 0 Å². The number of nitrogens with one attached hydrogen (secondary N) is 1. The molecule has 0 radical (unpaired) electrons. The number of carbonyl (C=O) groups excluding carboxylic acids is 1. The monoisotopic (exact) mass is 374 g/mol. The van der Waals surface area contributed by atoms with Crippen LogP contribution in [-0.2, 0) is 4.79 Å². The molecule has 0 aromatic heterocycles. The predicted octanol–water partition coefficient (Wildman–Crippen LogP) is 3.01. The van der Waals surface area contributed by atoms with Crippen LogP contribution in [0.1, 0.15) is 0 Å². The number of rotatable bonds is 5. The van der Waals surface area contributed by atoms with E-state index in [1.807, 2.05) is 0 Å². The largest absolute Gasteiger partial charge is 0.369 e. The second-order valence-corrected chi connectivity index (χ2v) is 6.53. The van der Waals surface area contributed by atoms with E-state index in [1.54, 1.807) is 36.4 Å². The zero-order valence-electron chi connectivity index (χ0n) is 14.1. The molecule has 1 heterocycles. The first-order chi connectivity index (χ1) is 12.5. The highest BCUT2D eigenvalue weighted by molar-refractivity contribution is 6.30. The lowest BCUT2D eigenvalue weighted by Gasteiger charge is -2.35. The van der Waals surface area contributed by atoms with Crippen molar-refractivity contribution in [1.29, 1.82) is 0 Å². The molecule has 26 heavy (non-hydrogen) atoms. The van der Waals surface area contributed by atoms with Crippen molar-refractivity contribution in [1.82, 2.24) is 4.90 Å². The van der Waals surface area contributed by atoms with Gasteiger partial charge in [-0.15, -0.1) is 0 Å². The van der Waals surface area contributed by atoms with Gasteiger partial charge in [-0.05, 0) is 30.3 Å². The van der Waals surface area contributed by atoms with Gasteiger partial charge in [0.05, 0.1) is 11.5 Å². The molecule has 2 aromatic carbocycles. The maximum Gasteiger partial charge on any atom is 0.269 e. The van der Waals surface area contributed by atoms with Crippen molar-refractivity contribution in [2.45, 2.75) is 0 Å². The van der Waals surface area contributed by atoms with Crippen LogP contribution in [0.4, 0.5) is 17.1 Å². The van der Waals surface area contributed by atoms with Gasteiger partial charge in [-0.2, -0.15) is 0 Å². The van der Waals surface area contributed by atoms with E-state index in [4.69, 9.17) is 11.6 Å². The van der Waals surface area contributed by atoms with Crippen LogP contribution >= 0.6 is 11.6 Å². The van der Waals surface area contributed by atoms with E-state index < -0.39 is 4.92 Å². The second-order valence-electron chi connectivity index (χ2n) is 6.10. The summed E-state index contributed by atoms with van der Waals surface area (Å²) >= 11 is 5.92. The Kier molecular flexibility index (Phi) is 5.70. The van der Waals surface area contributed by atoms with Crippen molar-refractivity contribution in [2.75, 3.05) is 42.9 Å². The van der Waals surface area contributed by atoms with E-state index in [0.29, 0.717) is 17.3 Å². The number of nitro benzene ring substituents is 1. The molecular weight excluding hydrogens is 356 g/mol. The number of non-ortho nitro benzene ring substituents is 1. The first-order valence-electron chi connectivity index (χ1n) is 8.28. The zero-order chi connectivity index (χ0) is 18.5. The van der Waals surface area contributed by atoms with Crippen LogP contribution in [0, 0.1) is 10.1 Å². The summed E-state index contributed by atoms with van der Waals surface area (Å²) in [5.41, 5.74) is 1.73. The summed E-state index contributed by atoms with van der Waals surface area (Å²) in [6.07, 6.45) is 0. The van der Waals surface area contributed by atoms with Gasteiger partial charge < -0.3 is 10.2 Å². The maximum absolute atomic E-state index is 12.2. The average Bonchev–Trinajstić information content (AvgIpc) is 2.62. The van der Waals surface area contributed by atoms with Crippen molar-refractivity contribution < 1.29 is 9.72 Å². The van der Waals surface area contributed by atoms with Crippen molar-refractivity contribution in [3.63, 3.8) is 0 Å². The summed E-state index contributed by atoms with van der Waals surface area (Å²) < 4.78 is 0. The maximum atomic E-state index is 12.2. The van der Waals surface area contributed by atoms with E-state index in [9.17, 15) is 14.9 Å². The van der Waals surface area contributed by atoms with Gasteiger partial charge in [0.15, 0.2) is 0 Å². The van der Waals surface area contributed by atoms with Crippen LogP contribution in [0.15, 0.2) is 48.5 Å². The standard InChI is InChI=1S/C18H19ClN4O3/c19-14-2-1-3-15(12-14)20-18(24)13-21-8-10-22(11-9-21)16-4-6-17(7-5-16)23(25)26/h1-7,12H,8-11,13H2,(H,20,24). The Balaban J connectivity index is 1.49. The summed E-state index contributed by atoms with van der Waals surface area (Å²) in [7, 11) is 0. The number of nitro groups is 1. The summed E-state index contributed by atoms with van der Waals surface area (Å²) in [5, 5.41) is 14.2. The van der Waals surface area contributed by atoms with E-state index >= 15 is 0 Å². The fourth-order valence-corrected chi connectivity index (χ4v) is 3.11. The molecular formula is C18H19ClN4O3. The highest BCUT2D eigenvalue weighted by atomic mass is 35.5. The number of piperazine rings is 1. The molecule has 2 aromatic rings. The van der Waals surface area contributed by atoms with Crippen LogP contribution in [0.3, 0.4) is 0 Å². The molecule has 1 N–H and O–H groups in total. The molecule has 136 valence electrons. The normalized spacial score (nSPS) is 14.9. The smallest absolute Gasteiger partial charge is 0.269 e. The number of hydrogen-bond acceptors (Lipinski definition) is 5. The molecule has 1 amide bonds. The van der Waals surface area contributed by atoms with Crippen LogP contribution in [0.25, 0.3) is 0 Å². The van der Waals surface area contributed by atoms with Crippen LogP contribution < -0.4 is 10.2 Å². The molecule has 0 aliphatic carbocycles. The number of anilines is 2. The molecule has 0 unspecified atom stereocenters. The van der Waals surface area contributed by atoms with Gasteiger partial charge in [-0.1, -0.05) is 17.7 Å². The molecule has 1 saturated heterocycles. The molecule has 1 aliphatic heterocycles. The Morgan fingerprint density at radius 1 is 1.12 bits per heavy atom. The molecule has 1 fully saturated rings. The predicted molar refractivity (Wildman–Crippen MR) is 102 cm³/mol. The van der Waals surface area contributed by atoms with Gasteiger partial charge >= 0.3 is 0 Å². The van der Waals surface area contributed by atoms with Gasteiger partial charge in [-0.25, -0.2) is 0 Å². The van der Waals surface area contributed by atoms with Gasteiger partial charge in [0.2, 0.25) is 5.91 Å². The van der Waals surface area contributed by atoms with Crippen LogP contribution in [0.2, 0.25) is 5.02 Å². The van der Waals surface area contributed by atoms with Gasteiger partial charge in [-0.3, -0.25) is 19.8 Å². The molecule has 0 spiro atoms. The Labute approximate surface area is 156 Å². The SMILES string of the molecule is O=C(CN1CCN(c2ccc([N+](=O)[O-])cc2)CC1)Nc1cccc(Cl)c1. The van der Waals surface area contributed by atoms with Crippen LogP contribution in [-0.4, -0.2) is 48.5 Å². The molecule has 0 saturated carbocycles. The highest BCUT2D eigenvalue weighted by Crippen LogP contribution is 2.20. The summed E-state index contributed by atoms with van der Waals surface area (Å²) in [4.78, 5) is 26.7. The first kappa shape index (κ1) is 18.2. The van der Waals surface area contributed by atoms with Crippen molar-refractivity contribution in [3.05, 3.63) is 63.7 Å². The third kappa shape index (κ3) is 4.71. The number of nitrogens with zero attached hydrogens (tertiary/aromatic N) is 3. The molecule has 8 heteroatoms. The topological polar surface area (TPSA) is 78.7 Å². The Bertz CT molecular complexity index is 789. The zero-order valence-corrected chi connectivity index (χ0v) is 14.9. The summed E-state index contributed by atoms with van der Waals surface area (Å²) in [6, 6.07) is 13.6. The van der Waals surface area contributed by atoms with Crippen molar-refractivity contribution >= 4 is 34.6 Å². The lowest BCUT2D eigenvalue weighted by molar-refractivity contribution is -0.384. The van der Waals surface area contributed by atoms with E-state index in [1.165, 1.54) is 12.1 Å². The Hall–Kier alpha value is -2.64. The minimum absolute atomic E-state index is 0.0731. The minimum atomic E-state index is -0.403. The number of halogens is 1. The van der Waals surface area contributed by atoms with Gasteiger partial charge in [0, 0.05) is 54.7 Å². The summed E-state index contributed by atoms with van der Waals surface area (Å²) in [5.74, 6) is -0.0731. The molecule has 1 aliphatic rings. The number of amides is 1. The van der Waals surface area contributed by atoms with Gasteiger partial charge in [0.1, 0.15) is 0 Å². The number of carbonyl (C=O) groups is 1. The fourth-order valence-electron chi connectivity index (χ4n) is 2.92. The lowest BCUT2D eigenvalue weighted by Crippen LogP contribution is -2.48. The number of benzene rings is 2. The molecule has 7 nitrogen and oxygen atoms in total. The quantitative estimate of drug-likeness (QED) is 0.643. The average molecular weight is 375 g/mol. The van der Waals surface area contributed by atoms with Crippen molar-refractivity contribution in [2.24, 2.45) is 0 Å². The third-order valence-electron chi connectivity index (χ3n) is 4.27. The first-order valence-corrected chi connectivity index (χ1v) is 8.66. The van der Waals surface area contributed by atoms with E-state index in [0.717, 1.165) is 31.9 Å². The minimum Gasteiger partial charge on any atom is -0.369 e. The fraction of sp³-hybridized carbons (Fsp3) is 0.278. The second kappa shape index (κ2) is 8.16. The van der Waals surface area contributed by atoms with E-state index in [2.05, 4.69) is 15.1 Å². The van der Waals surface area contributed by atoms with Crippen molar-refractivity contribution in [3.8, 4) is 0 Å². The number of hydrogen-bond donors (Lipinski definition) is 1. The Morgan fingerprint density at radius 3 is 2.42 bits per heavy atom. The lowest BCUT2D eigenvalue weighted by atomic mass is 10.2. The third-order valence-corrected chi connectivity index (χ3v) is 4.51. The molecule has 0 atom stereocenters. The molecule has 3 rings (SSSR count). The molecule has 0 bridgehead atoms. The van der Waals surface area contributed by atoms with E-state index in [-0.39, 0.29) is 11.6 Å². The summed E-state index contributed by atoms with van der Waals surface area (Å²) in [6.45, 7) is 3.35.